The normalized spacial score (nSPS) is 20.9. The Morgan fingerprint density at radius 2 is 2.06 bits per heavy atom. The monoisotopic (exact) mass is 233 g/mol. The van der Waals surface area contributed by atoms with Gasteiger partial charge in [-0.3, -0.25) is 4.79 Å². The number of carboxylic acids is 1. The number of piperidine rings is 1. The van der Waals surface area contributed by atoms with Gasteiger partial charge in [0.25, 0.3) is 0 Å². The van der Waals surface area contributed by atoms with Gasteiger partial charge in [-0.25, -0.2) is 0 Å². The Kier molecular flexibility index (Phi) is 7.29. The molecule has 5 nitrogen and oxygen atoms in total. The Hall–Kier alpha value is -0.650. The number of aliphatic carboxylic acids is 1. The lowest BCUT2D eigenvalue weighted by atomic mass is 10.0. The van der Waals surface area contributed by atoms with Crippen molar-refractivity contribution in [1.29, 1.82) is 0 Å². The number of quaternary nitrogens is 1. The van der Waals surface area contributed by atoms with Crippen LogP contribution in [-0.2, 0) is 4.79 Å². The molecule has 1 atom stereocenters. The van der Waals surface area contributed by atoms with E-state index in [2.05, 4.69) is 26.5 Å². The van der Waals surface area contributed by atoms with Crippen molar-refractivity contribution in [2.75, 3.05) is 47.4 Å². The molecule has 3 N–H and O–H groups in total. The summed E-state index contributed by atoms with van der Waals surface area (Å²) < 4.78 is 0.844. The minimum absolute atomic E-state index is 0.140. The molecule has 0 aromatic heterocycles. The van der Waals surface area contributed by atoms with Gasteiger partial charge in [-0.05, 0) is 19.4 Å². The van der Waals surface area contributed by atoms with Gasteiger partial charge in [-0.15, -0.1) is 0 Å². The number of hydrogen-bond acceptors (Lipinski definition) is 3. The number of nitrogens with one attached hydrogen (secondary N) is 1. The van der Waals surface area contributed by atoms with Gasteiger partial charge >= 0.3 is 5.97 Å². The number of nitrogens with zero attached hydrogens (tertiary/aromatic N) is 1. The lowest BCUT2D eigenvalue weighted by molar-refractivity contribution is -0.870. The average Bonchev–Trinajstić information content (AvgIpc) is 2.18. The zero-order valence-electron chi connectivity index (χ0n) is 10.6. The molecule has 1 aliphatic heterocycles. The van der Waals surface area contributed by atoms with Gasteiger partial charge in [-0.2, -0.15) is 0 Å². The van der Waals surface area contributed by atoms with Gasteiger partial charge in [-0.1, -0.05) is 0 Å². The number of aliphatic hydroxyl groups excluding tert-OH is 1. The van der Waals surface area contributed by atoms with Crippen LogP contribution in [0.25, 0.3) is 0 Å². The third kappa shape index (κ3) is 8.64. The molecule has 0 amide bonds. The highest BCUT2D eigenvalue weighted by molar-refractivity contribution is 5.70. The van der Waals surface area contributed by atoms with E-state index in [4.69, 9.17) is 10.2 Å². The molecular weight excluding hydrogens is 208 g/mol. The van der Waals surface area contributed by atoms with E-state index in [0.29, 0.717) is 6.54 Å². The van der Waals surface area contributed by atoms with Crippen molar-refractivity contribution in [1.82, 2.24) is 5.32 Å². The number of likely N-dealkylation sites (N-methyl/N-ethyl adjacent to an activating group) is 1. The zero-order chi connectivity index (χ0) is 12.6. The topological polar surface area (TPSA) is 69.6 Å². The summed E-state index contributed by atoms with van der Waals surface area (Å²) in [6.07, 6.45) is 1.83. The molecule has 0 aromatic rings. The predicted molar refractivity (Wildman–Crippen MR) is 63.2 cm³/mol. The van der Waals surface area contributed by atoms with Crippen LogP contribution in [0.3, 0.4) is 0 Å². The lowest BCUT2D eigenvalue weighted by Gasteiger charge is -2.21. The first kappa shape index (κ1) is 15.3. The highest BCUT2D eigenvalue weighted by atomic mass is 16.4. The van der Waals surface area contributed by atoms with Gasteiger partial charge < -0.3 is 20.0 Å². The van der Waals surface area contributed by atoms with E-state index in [9.17, 15) is 4.79 Å². The Bertz CT molecular complexity index is 196. The van der Waals surface area contributed by atoms with Crippen molar-refractivity contribution in [2.45, 2.75) is 12.8 Å². The zero-order valence-corrected chi connectivity index (χ0v) is 10.6. The largest absolute Gasteiger partial charge is 0.481 e. The number of aliphatic hydroxyl groups is 1. The maximum absolute atomic E-state index is 10.3. The SMILES string of the molecule is C[N+](C)(C)CCO.O=C(O)C1CCCNC1. The van der Waals surface area contributed by atoms with Gasteiger partial charge in [0.05, 0.1) is 33.7 Å². The molecule has 1 unspecified atom stereocenters. The average molecular weight is 233 g/mol. The number of hydrogen-bond donors (Lipinski definition) is 3. The van der Waals surface area contributed by atoms with Gasteiger partial charge in [0.15, 0.2) is 0 Å². The Morgan fingerprint density at radius 1 is 1.44 bits per heavy atom. The Labute approximate surface area is 97.7 Å². The quantitative estimate of drug-likeness (QED) is 0.588. The fraction of sp³-hybridized carbons (Fsp3) is 0.909. The summed E-state index contributed by atoms with van der Waals surface area (Å²) in [4.78, 5) is 10.3. The molecule has 0 spiro atoms. The van der Waals surface area contributed by atoms with Crippen LogP contribution in [0.2, 0.25) is 0 Å². The second-order valence-corrected chi connectivity index (χ2v) is 5.12. The predicted octanol–water partition coefficient (Wildman–Crippen LogP) is -0.244. The summed E-state index contributed by atoms with van der Waals surface area (Å²) in [5.41, 5.74) is 0. The summed E-state index contributed by atoms with van der Waals surface area (Å²) in [5.74, 6) is -0.805. The fourth-order valence-corrected chi connectivity index (χ4v) is 1.36. The van der Waals surface area contributed by atoms with E-state index in [1.165, 1.54) is 0 Å². The standard InChI is InChI=1S/C6H11NO2.C5H14NO/c8-6(9)5-2-1-3-7-4-5;1-6(2,3)4-5-7/h5,7H,1-4H2,(H,8,9);7H,4-5H2,1-3H3/q;+1. The number of carbonyl (C=O) groups is 1. The maximum atomic E-state index is 10.3. The molecule has 1 fully saturated rings. The first-order chi connectivity index (χ1) is 7.37. The second kappa shape index (κ2) is 7.60. The van der Waals surface area contributed by atoms with Crippen molar-refractivity contribution in [2.24, 2.45) is 5.92 Å². The smallest absolute Gasteiger partial charge is 0.307 e. The van der Waals surface area contributed by atoms with Crippen LogP contribution in [0.15, 0.2) is 0 Å². The summed E-state index contributed by atoms with van der Waals surface area (Å²) in [7, 11) is 6.16. The highest BCUT2D eigenvalue weighted by Crippen LogP contribution is 2.08. The molecular formula is C11H25N2O3+. The van der Waals surface area contributed by atoms with Crippen LogP contribution in [-0.4, -0.2) is 68.0 Å². The van der Waals surface area contributed by atoms with Crippen molar-refractivity contribution < 1.29 is 19.5 Å². The maximum Gasteiger partial charge on any atom is 0.307 e. The molecule has 16 heavy (non-hydrogen) atoms. The summed E-state index contributed by atoms with van der Waals surface area (Å²) in [6.45, 7) is 2.74. The molecule has 0 radical (unpaired) electrons. The van der Waals surface area contributed by atoms with Crippen molar-refractivity contribution in [3.8, 4) is 0 Å². The van der Waals surface area contributed by atoms with E-state index in [1.54, 1.807) is 0 Å². The van der Waals surface area contributed by atoms with Crippen molar-refractivity contribution in [3.63, 3.8) is 0 Å². The minimum Gasteiger partial charge on any atom is -0.481 e. The molecule has 0 bridgehead atoms. The van der Waals surface area contributed by atoms with Gasteiger partial charge in [0.1, 0.15) is 6.54 Å². The summed E-state index contributed by atoms with van der Waals surface area (Å²) >= 11 is 0. The third-order valence-electron chi connectivity index (χ3n) is 2.42. The van der Waals surface area contributed by atoms with Crippen LogP contribution in [0.4, 0.5) is 0 Å². The molecule has 5 heteroatoms. The fourth-order valence-electron chi connectivity index (χ4n) is 1.36. The molecule has 1 saturated heterocycles. The van der Waals surface area contributed by atoms with E-state index in [0.717, 1.165) is 30.4 Å². The molecule has 1 heterocycles. The summed E-state index contributed by atoms with van der Waals surface area (Å²) in [6, 6.07) is 0. The first-order valence-corrected chi connectivity index (χ1v) is 5.71. The molecule has 1 rings (SSSR count). The van der Waals surface area contributed by atoms with Crippen LogP contribution in [0.1, 0.15) is 12.8 Å². The second-order valence-electron chi connectivity index (χ2n) is 5.12. The highest BCUT2D eigenvalue weighted by Gasteiger charge is 2.18. The van der Waals surface area contributed by atoms with E-state index in [1.807, 2.05) is 0 Å². The van der Waals surface area contributed by atoms with E-state index >= 15 is 0 Å². The molecule has 96 valence electrons. The van der Waals surface area contributed by atoms with Gasteiger partial charge in [0.2, 0.25) is 0 Å². The van der Waals surface area contributed by atoms with Crippen molar-refractivity contribution >= 4 is 5.97 Å². The molecule has 0 aliphatic carbocycles. The number of carboxylic acid groups (broad SMARTS) is 1. The Balaban J connectivity index is 0.000000293. The van der Waals surface area contributed by atoms with Gasteiger partial charge in [0, 0.05) is 6.54 Å². The van der Waals surface area contributed by atoms with Crippen LogP contribution >= 0.6 is 0 Å². The molecule has 0 saturated carbocycles. The Morgan fingerprint density at radius 3 is 2.25 bits per heavy atom. The minimum atomic E-state index is -0.665. The van der Waals surface area contributed by atoms with E-state index < -0.39 is 5.97 Å². The summed E-state index contributed by atoms with van der Waals surface area (Å²) in [5, 5.41) is 19.9. The molecule has 0 aromatic carbocycles. The van der Waals surface area contributed by atoms with Crippen LogP contribution < -0.4 is 5.32 Å². The molecule has 1 aliphatic rings. The van der Waals surface area contributed by atoms with Crippen LogP contribution in [0, 0.1) is 5.92 Å². The van der Waals surface area contributed by atoms with Crippen LogP contribution in [0.5, 0.6) is 0 Å². The van der Waals surface area contributed by atoms with Crippen molar-refractivity contribution in [3.05, 3.63) is 0 Å². The first-order valence-electron chi connectivity index (χ1n) is 5.71. The lowest BCUT2D eigenvalue weighted by Crippen LogP contribution is -2.36. The number of rotatable bonds is 3. The van der Waals surface area contributed by atoms with E-state index in [-0.39, 0.29) is 12.5 Å². The third-order valence-corrected chi connectivity index (χ3v) is 2.42.